The van der Waals surface area contributed by atoms with E-state index in [0.29, 0.717) is 34.7 Å². The fourth-order valence-corrected chi connectivity index (χ4v) is 3.79. The van der Waals surface area contributed by atoms with Crippen molar-refractivity contribution in [2.24, 2.45) is 0 Å². The van der Waals surface area contributed by atoms with Gasteiger partial charge in [0.1, 0.15) is 12.4 Å². The van der Waals surface area contributed by atoms with Gasteiger partial charge in [0.05, 0.1) is 61.4 Å². The zero-order chi connectivity index (χ0) is 42.3. The number of aromatic nitrogens is 9. The number of nitrogen functional groups attached to an aromatic ring is 1. The predicted molar refractivity (Wildman–Crippen MR) is 195 cm³/mol. The summed E-state index contributed by atoms with van der Waals surface area (Å²) in [6, 6.07) is 4.15. The van der Waals surface area contributed by atoms with Crippen molar-refractivity contribution in [3.05, 3.63) is 134 Å². The van der Waals surface area contributed by atoms with Crippen LogP contribution in [0, 0.1) is 39.9 Å². The maximum absolute atomic E-state index is 10.6. The standard InChI is InChI=1S/C10H7N5O3.C10H9N5O.C6H5ClN2O3.C4H3N3.CH2O3.2K.H/c1-11-9-5-14(6-13-9)10-8(18-2)3-7(4-12-10)15(16)17;1-12-9-5-15(6-14-9)10-8(16-2)3-7(11)4-13-10;1-12-5-2-4(9(10)11)3-8-6(5)7;1-5-4-2-6-3-7-4;2-1-4-3;;;/h3-6H,2H3;3-6H,11H2,2H3;2-3H,1H3;2-3H,(H,6,7);1,3H;;;/q;;;;;2*+1;-1/p-1. The van der Waals surface area contributed by atoms with E-state index in [4.69, 9.17) is 61.3 Å². The topological polar surface area (TPSA) is 305 Å². The van der Waals surface area contributed by atoms with E-state index in [1.54, 1.807) is 16.8 Å². The van der Waals surface area contributed by atoms with Gasteiger partial charge in [0.15, 0.2) is 53.0 Å². The number of halogens is 1. The van der Waals surface area contributed by atoms with Crippen LogP contribution >= 0.6 is 11.6 Å². The number of hydrogen-bond acceptors (Lipinski definition) is 17. The summed E-state index contributed by atoms with van der Waals surface area (Å²) in [4.78, 5) is 66.0. The van der Waals surface area contributed by atoms with E-state index in [9.17, 15) is 20.2 Å². The van der Waals surface area contributed by atoms with Gasteiger partial charge < -0.3 is 46.1 Å². The Balaban J connectivity index is 0. The smallest absolute Gasteiger partial charge is 1.00 e. The van der Waals surface area contributed by atoms with Gasteiger partial charge in [-0.05, 0) is 0 Å². The molecule has 0 spiro atoms. The number of rotatable bonds is 8. The molecule has 0 aliphatic heterocycles. The summed E-state index contributed by atoms with van der Waals surface area (Å²) in [6.07, 6.45) is 12.6. The Morgan fingerprint density at radius 2 is 1.24 bits per heavy atom. The van der Waals surface area contributed by atoms with Gasteiger partial charge in [0.2, 0.25) is 5.82 Å². The van der Waals surface area contributed by atoms with Crippen LogP contribution in [0.15, 0.2) is 74.4 Å². The molecule has 0 radical (unpaired) electrons. The van der Waals surface area contributed by atoms with E-state index >= 15 is 0 Å². The molecule has 0 saturated heterocycles. The van der Waals surface area contributed by atoms with Gasteiger partial charge in [-0.2, -0.15) is 0 Å². The van der Waals surface area contributed by atoms with Crippen molar-refractivity contribution in [1.29, 1.82) is 0 Å². The van der Waals surface area contributed by atoms with E-state index in [1.165, 1.54) is 75.6 Å². The van der Waals surface area contributed by atoms with Gasteiger partial charge in [-0.3, -0.25) is 39.1 Å². The van der Waals surface area contributed by atoms with E-state index in [2.05, 4.69) is 54.3 Å². The first kappa shape index (κ1) is 53.5. The molecule has 59 heavy (non-hydrogen) atoms. The number of pyridine rings is 3. The van der Waals surface area contributed by atoms with Gasteiger partial charge in [-0.15, -0.1) is 9.97 Å². The second-order valence-electron chi connectivity index (χ2n) is 9.46. The molecule has 0 bridgehead atoms. The van der Waals surface area contributed by atoms with Crippen molar-refractivity contribution in [2.75, 3.05) is 27.1 Å². The summed E-state index contributed by atoms with van der Waals surface area (Å²) in [6.45, 7) is 19.9. The van der Waals surface area contributed by atoms with Crippen LogP contribution in [0.2, 0.25) is 5.15 Å². The van der Waals surface area contributed by atoms with Crippen molar-refractivity contribution in [2.45, 2.75) is 0 Å². The minimum Gasteiger partial charge on any atom is -1.00 e. The number of imidazole rings is 3. The molecule has 294 valence electrons. The van der Waals surface area contributed by atoms with Crippen LogP contribution in [0.5, 0.6) is 17.2 Å². The molecular formula is C31H26ClK2N15O10. The first-order valence-corrected chi connectivity index (χ1v) is 15.0. The summed E-state index contributed by atoms with van der Waals surface area (Å²) < 4.78 is 18.0. The fraction of sp³-hybridized carbons (Fsp3) is 0.0968. The molecule has 3 N–H and O–H groups in total. The molecule has 6 aromatic heterocycles. The van der Waals surface area contributed by atoms with Gasteiger partial charge in [-0.1, -0.05) is 31.3 Å². The van der Waals surface area contributed by atoms with Crippen LogP contribution in [0.3, 0.4) is 0 Å². The summed E-state index contributed by atoms with van der Waals surface area (Å²) in [5.74, 6) is 2.86. The van der Waals surface area contributed by atoms with Gasteiger partial charge >= 0.3 is 103 Å². The molecule has 0 fully saturated rings. The number of nitrogens with zero attached hydrogens (tertiary/aromatic N) is 13. The number of ether oxygens (including phenoxy) is 3. The molecule has 6 heterocycles. The Labute approximate surface area is 424 Å². The summed E-state index contributed by atoms with van der Waals surface area (Å²) >= 11 is 5.54. The van der Waals surface area contributed by atoms with E-state index < -0.39 is 9.85 Å². The minimum absolute atomic E-state index is 0. The number of carbonyl (C=O) groups is 1. The van der Waals surface area contributed by atoms with Gasteiger partial charge in [-0.25, -0.2) is 19.9 Å². The van der Waals surface area contributed by atoms with Crippen molar-refractivity contribution < 1.29 is 143 Å². The Bertz CT molecular complexity index is 2400. The molecule has 25 nitrogen and oxygen atoms in total. The summed E-state index contributed by atoms with van der Waals surface area (Å²) in [5, 5.41) is 29.4. The third-order valence-corrected chi connectivity index (χ3v) is 6.33. The van der Waals surface area contributed by atoms with Crippen molar-refractivity contribution in [3.63, 3.8) is 0 Å². The third kappa shape index (κ3) is 17.5. The Hall–Kier alpha value is -5.46. The van der Waals surface area contributed by atoms with Crippen molar-refractivity contribution in [1.82, 2.24) is 44.0 Å². The van der Waals surface area contributed by atoms with E-state index in [0.717, 1.165) is 12.4 Å². The molecule has 6 rings (SSSR count). The number of nitrogens with two attached hydrogens (primary N) is 1. The van der Waals surface area contributed by atoms with Crippen LogP contribution in [0.25, 0.3) is 26.2 Å². The molecule has 0 aliphatic carbocycles. The normalized spacial score (nSPS) is 8.85. The number of nitrogens with one attached hydrogen (secondary N) is 1. The third-order valence-electron chi connectivity index (χ3n) is 6.05. The first-order chi connectivity index (χ1) is 27.4. The van der Waals surface area contributed by atoms with Crippen LogP contribution < -0.4 is 128 Å². The van der Waals surface area contributed by atoms with Crippen molar-refractivity contribution in [3.8, 4) is 28.9 Å². The molecule has 0 aliphatic rings. The van der Waals surface area contributed by atoms with Crippen LogP contribution in [-0.2, 0) is 9.68 Å². The molecule has 0 atom stereocenters. The summed E-state index contributed by atoms with van der Waals surface area (Å²) in [5.41, 5.74) is 5.81. The van der Waals surface area contributed by atoms with E-state index in [1.807, 2.05) is 0 Å². The second kappa shape index (κ2) is 28.9. The monoisotopic (exact) mass is 881 g/mol. The fourth-order valence-electron chi connectivity index (χ4n) is 3.61. The Kier molecular flexibility index (Phi) is 26.2. The maximum atomic E-state index is 10.6. The number of nitro groups is 2. The van der Waals surface area contributed by atoms with Crippen LogP contribution in [0.1, 0.15) is 1.43 Å². The molecule has 6 aromatic rings. The SMILES string of the molecule is COc1cc([N+](=O)[O-])cnc1Cl.O=CO[O-].[C-]#[N+]c1cn(-c2ncc(N)cc2OC)cn1.[C-]#[N+]c1cn(-c2ncc([N+](=O)[O-])cc2OC)cn1.[C-]#[N+]c1cnc[nH]1.[H-].[K+].[K+]. The van der Waals surface area contributed by atoms with Gasteiger partial charge in [0.25, 0.3) is 29.5 Å². The van der Waals surface area contributed by atoms with Crippen LogP contribution in [0.4, 0.5) is 34.5 Å². The van der Waals surface area contributed by atoms with Gasteiger partial charge in [0, 0.05) is 18.5 Å². The molecule has 0 saturated carbocycles. The number of methoxy groups -OCH3 is 3. The first-order valence-electron chi connectivity index (χ1n) is 14.6. The number of H-pyrrole nitrogens is 1. The number of carbonyl (C=O) groups excluding carboxylic acids is 1. The Morgan fingerprint density at radius 1 is 0.780 bits per heavy atom. The quantitative estimate of drug-likeness (QED) is 0.0328. The molecule has 0 aromatic carbocycles. The number of aromatic amines is 1. The second-order valence-corrected chi connectivity index (χ2v) is 9.82. The maximum Gasteiger partial charge on any atom is 1.00 e. The van der Waals surface area contributed by atoms with Crippen molar-refractivity contribution >= 4 is 52.6 Å². The largest absolute Gasteiger partial charge is 1.00 e. The van der Waals surface area contributed by atoms with E-state index in [-0.39, 0.29) is 145 Å². The average molecular weight is 882 g/mol. The minimum atomic E-state index is -0.564. The molecule has 28 heteroatoms. The zero-order valence-corrected chi connectivity index (χ0v) is 38.4. The van der Waals surface area contributed by atoms with Crippen LogP contribution in [-0.4, -0.2) is 81.7 Å². The number of anilines is 1. The summed E-state index contributed by atoms with van der Waals surface area (Å²) in [7, 11) is 4.29. The Morgan fingerprint density at radius 3 is 1.61 bits per heavy atom. The predicted octanol–water partition coefficient (Wildman–Crippen LogP) is -1.69. The molecule has 0 unspecified atom stereocenters. The average Bonchev–Trinajstić information content (AvgIpc) is 4.04. The molecular weight excluding hydrogens is 856 g/mol. The zero-order valence-electron chi connectivity index (χ0n) is 32.4. The molecule has 0 amide bonds. The number of hydrogen-bond donors (Lipinski definition) is 2.